The zero-order chi connectivity index (χ0) is 26.7. The molecule has 13 heteroatoms. The van der Waals surface area contributed by atoms with Crippen LogP contribution in [0.15, 0.2) is 49.1 Å². The molecule has 1 atom stereocenters. The van der Waals surface area contributed by atoms with E-state index in [1.54, 1.807) is 28.8 Å². The number of hydrogen-bond acceptors (Lipinski definition) is 7. The van der Waals surface area contributed by atoms with E-state index in [-0.39, 0.29) is 11.3 Å². The van der Waals surface area contributed by atoms with E-state index in [1.165, 1.54) is 38.6 Å². The molecule has 1 unspecified atom stereocenters. The number of halogens is 3. The lowest BCUT2D eigenvalue weighted by Crippen LogP contribution is -2.42. The second kappa shape index (κ2) is 10.3. The van der Waals surface area contributed by atoms with Crippen molar-refractivity contribution in [2.75, 3.05) is 11.9 Å². The number of aromatic nitrogens is 5. The zero-order valence-electron chi connectivity index (χ0n) is 19.9. The maximum Gasteiger partial charge on any atom is 0.257 e. The zero-order valence-corrected chi connectivity index (χ0v) is 19.9. The van der Waals surface area contributed by atoms with Crippen LogP contribution in [0.2, 0.25) is 0 Å². The summed E-state index contributed by atoms with van der Waals surface area (Å²) >= 11 is 0. The van der Waals surface area contributed by atoms with E-state index < -0.39 is 37.2 Å². The molecular formula is C24H23F3N8O2. The number of carbonyl (C=O) groups excluding carboxylic acids is 1. The summed E-state index contributed by atoms with van der Waals surface area (Å²) < 4.78 is 42.3. The number of nitriles is 1. The molecule has 4 aromatic heterocycles. The number of aliphatic hydroxyl groups is 1. The largest absolute Gasteiger partial charge is 0.387 e. The SMILES string of the molecule is CC(C)(O)C(F)CNC(=O)c1cnc(-c2ccc3cc(C#N)cnn23)cc1Nc1cnn(CC(F)F)c1. The summed E-state index contributed by atoms with van der Waals surface area (Å²) in [6, 6.07) is 8.74. The number of fused-ring (bicyclic) bond motifs is 1. The first-order valence-corrected chi connectivity index (χ1v) is 11.2. The molecule has 0 radical (unpaired) electrons. The summed E-state index contributed by atoms with van der Waals surface area (Å²) in [4.78, 5) is 17.3. The van der Waals surface area contributed by atoms with Crippen LogP contribution in [-0.2, 0) is 6.54 Å². The molecule has 4 rings (SSSR count). The summed E-state index contributed by atoms with van der Waals surface area (Å²) in [6.45, 7) is 1.54. The Morgan fingerprint density at radius 2 is 1.97 bits per heavy atom. The second-order valence-corrected chi connectivity index (χ2v) is 8.82. The second-order valence-electron chi connectivity index (χ2n) is 8.82. The number of pyridine rings is 1. The Morgan fingerprint density at radius 1 is 1.19 bits per heavy atom. The summed E-state index contributed by atoms with van der Waals surface area (Å²) in [5, 5.41) is 32.5. The number of amides is 1. The van der Waals surface area contributed by atoms with Crippen LogP contribution in [0.1, 0.15) is 29.8 Å². The fourth-order valence-corrected chi connectivity index (χ4v) is 3.49. The number of rotatable bonds is 9. The molecule has 37 heavy (non-hydrogen) atoms. The number of nitrogens with zero attached hydrogens (tertiary/aromatic N) is 6. The van der Waals surface area contributed by atoms with Gasteiger partial charge in [0, 0.05) is 12.4 Å². The molecule has 4 heterocycles. The highest BCUT2D eigenvalue weighted by molar-refractivity contribution is 6.00. The first kappa shape index (κ1) is 25.6. The van der Waals surface area contributed by atoms with E-state index in [4.69, 9.17) is 5.26 Å². The minimum atomic E-state index is -2.59. The Bertz CT molecular complexity index is 1470. The number of nitrogens with one attached hydrogen (secondary N) is 2. The molecule has 192 valence electrons. The Kier molecular flexibility index (Phi) is 7.12. The predicted octanol–water partition coefficient (Wildman–Crippen LogP) is 3.31. The smallest absolute Gasteiger partial charge is 0.257 e. The topological polar surface area (TPSA) is 133 Å². The molecule has 0 saturated carbocycles. The van der Waals surface area contributed by atoms with Gasteiger partial charge in [-0.2, -0.15) is 15.5 Å². The van der Waals surface area contributed by atoms with E-state index in [2.05, 4.69) is 25.8 Å². The first-order chi connectivity index (χ1) is 17.5. The molecule has 0 bridgehead atoms. The van der Waals surface area contributed by atoms with Crippen LogP contribution in [-0.4, -0.2) is 60.1 Å². The Morgan fingerprint density at radius 3 is 2.68 bits per heavy atom. The quantitative estimate of drug-likeness (QED) is 0.313. The van der Waals surface area contributed by atoms with Crippen molar-refractivity contribution < 1.29 is 23.1 Å². The highest BCUT2D eigenvalue weighted by atomic mass is 19.3. The minimum absolute atomic E-state index is 0.0499. The van der Waals surface area contributed by atoms with E-state index in [1.807, 2.05) is 6.07 Å². The molecule has 0 saturated heterocycles. The van der Waals surface area contributed by atoms with Gasteiger partial charge in [-0.25, -0.2) is 17.7 Å². The lowest BCUT2D eigenvalue weighted by molar-refractivity contribution is -0.00177. The number of hydrogen-bond donors (Lipinski definition) is 3. The molecule has 0 fully saturated rings. The number of anilines is 2. The molecular weight excluding hydrogens is 489 g/mol. The number of alkyl halides is 3. The van der Waals surface area contributed by atoms with Gasteiger partial charge < -0.3 is 15.7 Å². The third kappa shape index (κ3) is 5.87. The van der Waals surface area contributed by atoms with Crippen LogP contribution >= 0.6 is 0 Å². The Balaban J connectivity index is 1.69. The molecule has 3 N–H and O–H groups in total. The van der Waals surface area contributed by atoms with Crippen molar-refractivity contribution in [2.24, 2.45) is 0 Å². The fraction of sp³-hybridized carbons (Fsp3) is 0.292. The van der Waals surface area contributed by atoms with Gasteiger partial charge >= 0.3 is 0 Å². The van der Waals surface area contributed by atoms with Crippen molar-refractivity contribution in [3.63, 3.8) is 0 Å². The van der Waals surface area contributed by atoms with Gasteiger partial charge in [0.25, 0.3) is 12.3 Å². The Hall–Kier alpha value is -4.44. The summed E-state index contributed by atoms with van der Waals surface area (Å²) in [7, 11) is 0. The average Bonchev–Trinajstić information content (AvgIpc) is 3.47. The van der Waals surface area contributed by atoms with Gasteiger partial charge in [0.2, 0.25) is 0 Å². The Labute approximate surface area is 209 Å². The summed E-state index contributed by atoms with van der Waals surface area (Å²) in [5.74, 6) is -0.662. The monoisotopic (exact) mass is 512 g/mol. The van der Waals surface area contributed by atoms with E-state index in [0.29, 0.717) is 28.2 Å². The minimum Gasteiger partial charge on any atom is -0.387 e. The molecule has 0 aliphatic carbocycles. The number of carbonyl (C=O) groups is 1. The van der Waals surface area contributed by atoms with E-state index in [0.717, 1.165) is 4.68 Å². The third-order valence-electron chi connectivity index (χ3n) is 5.49. The summed E-state index contributed by atoms with van der Waals surface area (Å²) in [6.07, 6.45) is 1.07. The van der Waals surface area contributed by atoms with Crippen molar-refractivity contribution in [1.29, 1.82) is 5.26 Å². The maximum atomic E-state index is 14.2. The van der Waals surface area contributed by atoms with Gasteiger partial charge in [0.15, 0.2) is 0 Å². The summed E-state index contributed by atoms with van der Waals surface area (Å²) in [5.41, 5.74) is 1.01. The van der Waals surface area contributed by atoms with Crippen molar-refractivity contribution >= 4 is 22.8 Å². The van der Waals surface area contributed by atoms with E-state index in [9.17, 15) is 23.1 Å². The van der Waals surface area contributed by atoms with Crippen molar-refractivity contribution in [1.82, 2.24) is 29.7 Å². The lowest BCUT2D eigenvalue weighted by atomic mass is 10.0. The van der Waals surface area contributed by atoms with Gasteiger partial charge in [-0.3, -0.25) is 14.5 Å². The van der Waals surface area contributed by atoms with Crippen LogP contribution in [0.4, 0.5) is 24.5 Å². The normalized spacial score (nSPS) is 12.5. The molecule has 4 aromatic rings. The van der Waals surface area contributed by atoms with Crippen molar-refractivity contribution in [3.8, 4) is 17.5 Å². The van der Waals surface area contributed by atoms with Crippen LogP contribution in [0.25, 0.3) is 16.9 Å². The molecule has 10 nitrogen and oxygen atoms in total. The van der Waals surface area contributed by atoms with Gasteiger partial charge in [0.1, 0.15) is 18.8 Å². The highest BCUT2D eigenvalue weighted by Gasteiger charge is 2.27. The van der Waals surface area contributed by atoms with Crippen LogP contribution < -0.4 is 10.6 Å². The standard InChI is InChI=1S/C24H23F3N8O2/c1-24(2,37)21(25)11-30-23(36)17-10-29-19(20-4-3-16-5-14(7-28)8-32-35(16)20)6-18(17)33-15-9-31-34(12-15)13-22(26)27/h3-6,8-10,12,21-22,37H,11,13H2,1-2H3,(H,29,33)(H,30,36). The molecule has 1 amide bonds. The lowest BCUT2D eigenvalue weighted by Gasteiger charge is -2.22. The third-order valence-corrected chi connectivity index (χ3v) is 5.49. The van der Waals surface area contributed by atoms with Crippen molar-refractivity contribution in [2.45, 2.75) is 38.6 Å². The van der Waals surface area contributed by atoms with Crippen LogP contribution in [0.3, 0.4) is 0 Å². The van der Waals surface area contributed by atoms with Crippen LogP contribution in [0, 0.1) is 11.3 Å². The fourth-order valence-electron chi connectivity index (χ4n) is 3.49. The first-order valence-electron chi connectivity index (χ1n) is 11.2. The highest BCUT2D eigenvalue weighted by Crippen LogP contribution is 2.28. The maximum absolute atomic E-state index is 14.2. The van der Waals surface area contributed by atoms with Gasteiger partial charge in [-0.1, -0.05) is 0 Å². The molecule has 0 spiro atoms. The average molecular weight is 512 g/mol. The van der Waals surface area contributed by atoms with Gasteiger partial charge in [-0.15, -0.1) is 0 Å². The van der Waals surface area contributed by atoms with Crippen molar-refractivity contribution in [3.05, 3.63) is 60.2 Å². The van der Waals surface area contributed by atoms with Gasteiger partial charge in [0.05, 0.1) is 63.9 Å². The van der Waals surface area contributed by atoms with E-state index >= 15 is 0 Å². The van der Waals surface area contributed by atoms with Crippen LogP contribution in [0.5, 0.6) is 0 Å². The predicted molar refractivity (Wildman–Crippen MR) is 128 cm³/mol. The molecule has 0 aliphatic heterocycles. The van der Waals surface area contributed by atoms with Gasteiger partial charge in [-0.05, 0) is 38.1 Å². The molecule has 0 aromatic carbocycles. The molecule has 0 aliphatic rings.